The molecule has 0 aromatic carbocycles. The predicted octanol–water partition coefficient (Wildman–Crippen LogP) is 0.548. The molecule has 3 aliphatic heterocycles. The van der Waals surface area contributed by atoms with Crippen molar-refractivity contribution in [1.82, 2.24) is 15.3 Å². The first-order chi connectivity index (χ1) is 8.26. The Morgan fingerprint density at radius 2 is 1.56 bits per heavy atom. The first-order valence-electron chi connectivity index (χ1n) is 6.60. The van der Waals surface area contributed by atoms with E-state index in [1.165, 1.54) is 0 Å². The van der Waals surface area contributed by atoms with Crippen molar-refractivity contribution in [2.75, 3.05) is 26.2 Å². The number of amides is 2. The van der Waals surface area contributed by atoms with Gasteiger partial charge in [-0.15, -0.1) is 12.4 Å². The van der Waals surface area contributed by atoms with Crippen molar-refractivity contribution < 1.29 is 9.59 Å². The molecule has 18 heavy (non-hydrogen) atoms. The van der Waals surface area contributed by atoms with E-state index < -0.39 is 5.41 Å². The van der Waals surface area contributed by atoms with Gasteiger partial charge in [0, 0.05) is 19.6 Å². The van der Waals surface area contributed by atoms with Gasteiger partial charge in [-0.05, 0) is 38.6 Å². The molecule has 0 saturated carbocycles. The van der Waals surface area contributed by atoms with E-state index in [-0.39, 0.29) is 24.2 Å². The van der Waals surface area contributed by atoms with Crippen LogP contribution in [0.3, 0.4) is 0 Å². The molecule has 3 heterocycles. The number of carbonyl (C=O) groups is 2. The van der Waals surface area contributed by atoms with E-state index in [2.05, 4.69) is 5.32 Å². The molecular weight excluding hydrogens is 254 g/mol. The summed E-state index contributed by atoms with van der Waals surface area (Å²) in [6, 6.07) is 0. The molecule has 1 N–H and O–H groups in total. The fourth-order valence-electron chi connectivity index (χ4n) is 3.22. The third kappa shape index (κ3) is 1.80. The van der Waals surface area contributed by atoms with Gasteiger partial charge in [0.05, 0.1) is 0 Å². The molecule has 5 nitrogen and oxygen atoms in total. The van der Waals surface area contributed by atoms with Crippen molar-refractivity contribution in [3.05, 3.63) is 0 Å². The maximum Gasteiger partial charge on any atom is 0.258 e. The topological polar surface area (TPSA) is 52.7 Å². The van der Waals surface area contributed by atoms with Crippen LogP contribution >= 0.6 is 12.4 Å². The summed E-state index contributed by atoms with van der Waals surface area (Å²) in [4.78, 5) is 25.0. The summed E-state index contributed by atoms with van der Waals surface area (Å²) in [6.07, 6.45) is 4.76. The summed E-state index contributed by atoms with van der Waals surface area (Å²) in [6.45, 7) is 2.87. The maximum atomic E-state index is 12.5. The number of nitrogens with one attached hydrogen (secondary N) is 1. The van der Waals surface area contributed by atoms with E-state index in [4.69, 9.17) is 0 Å². The lowest BCUT2D eigenvalue weighted by Crippen LogP contribution is -2.49. The molecular formula is C12H20ClN3O2. The largest absolute Gasteiger partial charge is 0.315 e. The Kier molecular flexibility index (Phi) is 3.82. The molecule has 0 bridgehead atoms. The molecule has 2 amide bonds. The quantitative estimate of drug-likeness (QED) is 0.656. The van der Waals surface area contributed by atoms with Gasteiger partial charge >= 0.3 is 0 Å². The van der Waals surface area contributed by atoms with Crippen molar-refractivity contribution in [3.8, 4) is 0 Å². The van der Waals surface area contributed by atoms with Crippen LogP contribution in [-0.4, -0.2) is 48.0 Å². The number of fused-ring (bicyclic) bond motifs is 1. The number of hydrogen-bond acceptors (Lipinski definition) is 3. The molecule has 0 radical (unpaired) electrons. The summed E-state index contributed by atoms with van der Waals surface area (Å²) < 4.78 is 0. The van der Waals surface area contributed by atoms with Gasteiger partial charge in [-0.2, -0.15) is 0 Å². The zero-order valence-electron chi connectivity index (χ0n) is 10.5. The fraction of sp³-hybridized carbons (Fsp3) is 0.833. The third-order valence-corrected chi connectivity index (χ3v) is 4.20. The van der Waals surface area contributed by atoms with E-state index in [0.29, 0.717) is 26.1 Å². The highest BCUT2D eigenvalue weighted by Crippen LogP contribution is 2.38. The molecule has 102 valence electrons. The van der Waals surface area contributed by atoms with Crippen LogP contribution < -0.4 is 5.32 Å². The summed E-state index contributed by atoms with van der Waals surface area (Å²) in [7, 11) is 0. The second kappa shape index (κ2) is 5.05. The molecule has 3 aliphatic rings. The highest BCUT2D eigenvalue weighted by Gasteiger charge is 2.58. The lowest BCUT2D eigenvalue weighted by molar-refractivity contribution is -0.145. The Morgan fingerprint density at radius 1 is 0.944 bits per heavy atom. The number of halogens is 1. The van der Waals surface area contributed by atoms with E-state index in [1.807, 2.05) is 0 Å². The van der Waals surface area contributed by atoms with Gasteiger partial charge in [0.2, 0.25) is 0 Å². The van der Waals surface area contributed by atoms with Crippen LogP contribution in [0.4, 0.5) is 0 Å². The molecule has 0 atom stereocenters. The van der Waals surface area contributed by atoms with Gasteiger partial charge in [-0.3, -0.25) is 19.6 Å². The first-order valence-corrected chi connectivity index (χ1v) is 6.60. The van der Waals surface area contributed by atoms with Crippen LogP contribution in [0.1, 0.15) is 32.1 Å². The van der Waals surface area contributed by atoms with Crippen LogP contribution in [0.25, 0.3) is 0 Å². The number of carbonyl (C=O) groups excluding carboxylic acids is 2. The lowest BCUT2D eigenvalue weighted by atomic mass is 9.80. The predicted molar refractivity (Wildman–Crippen MR) is 69.1 cm³/mol. The third-order valence-electron chi connectivity index (χ3n) is 4.20. The minimum Gasteiger partial charge on any atom is -0.315 e. The second-order valence-electron chi connectivity index (χ2n) is 5.28. The lowest BCUT2D eigenvalue weighted by Gasteiger charge is -2.28. The average molecular weight is 274 g/mol. The number of nitrogens with zero attached hydrogens (tertiary/aromatic N) is 2. The summed E-state index contributed by atoms with van der Waals surface area (Å²) in [5.74, 6) is 0.0770. The Hall–Kier alpha value is -0.810. The molecule has 0 aromatic rings. The Balaban J connectivity index is 0.00000120. The molecule has 0 aliphatic carbocycles. The van der Waals surface area contributed by atoms with E-state index in [1.54, 1.807) is 10.0 Å². The number of piperidine rings is 1. The van der Waals surface area contributed by atoms with Crippen molar-refractivity contribution in [2.45, 2.75) is 32.1 Å². The molecule has 3 fully saturated rings. The molecule has 3 saturated heterocycles. The summed E-state index contributed by atoms with van der Waals surface area (Å²) in [5, 5.41) is 6.63. The number of hydrogen-bond donors (Lipinski definition) is 1. The molecule has 0 unspecified atom stereocenters. The highest BCUT2D eigenvalue weighted by molar-refractivity contribution is 6.10. The molecule has 6 heteroatoms. The summed E-state index contributed by atoms with van der Waals surface area (Å²) >= 11 is 0. The van der Waals surface area contributed by atoms with Crippen LogP contribution in [0, 0.1) is 5.41 Å². The zero-order chi connectivity index (χ0) is 11.9. The highest BCUT2D eigenvalue weighted by atomic mass is 35.5. The van der Waals surface area contributed by atoms with Crippen LogP contribution in [0.5, 0.6) is 0 Å². The SMILES string of the molecule is Cl.O=C1N2CCCCCN2C(=O)C12CCCNC2. The number of rotatable bonds is 0. The van der Waals surface area contributed by atoms with Gasteiger partial charge in [0.25, 0.3) is 11.8 Å². The van der Waals surface area contributed by atoms with Crippen LogP contribution in [0.2, 0.25) is 0 Å². The van der Waals surface area contributed by atoms with Crippen LogP contribution in [0.15, 0.2) is 0 Å². The van der Waals surface area contributed by atoms with Crippen molar-refractivity contribution in [1.29, 1.82) is 0 Å². The van der Waals surface area contributed by atoms with Crippen molar-refractivity contribution >= 4 is 24.2 Å². The summed E-state index contributed by atoms with van der Waals surface area (Å²) in [5.41, 5.74) is -0.768. The molecule has 0 aromatic heterocycles. The Labute approximate surface area is 113 Å². The molecule has 3 rings (SSSR count). The van der Waals surface area contributed by atoms with Crippen LogP contribution in [-0.2, 0) is 9.59 Å². The van der Waals surface area contributed by atoms with E-state index in [0.717, 1.165) is 32.2 Å². The van der Waals surface area contributed by atoms with E-state index >= 15 is 0 Å². The fourth-order valence-corrected chi connectivity index (χ4v) is 3.22. The van der Waals surface area contributed by atoms with Gasteiger partial charge in [-0.1, -0.05) is 0 Å². The average Bonchev–Trinajstić information content (AvgIpc) is 2.59. The Bertz CT molecular complexity index is 329. The number of hydrazine groups is 1. The van der Waals surface area contributed by atoms with Crippen molar-refractivity contribution in [2.24, 2.45) is 5.41 Å². The minimum atomic E-state index is -0.768. The smallest absolute Gasteiger partial charge is 0.258 e. The Morgan fingerprint density at radius 3 is 2.06 bits per heavy atom. The normalized spacial score (nSPS) is 26.9. The monoisotopic (exact) mass is 273 g/mol. The maximum absolute atomic E-state index is 12.5. The van der Waals surface area contributed by atoms with Gasteiger partial charge < -0.3 is 5.32 Å². The van der Waals surface area contributed by atoms with Crippen molar-refractivity contribution in [3.63, 3.8) is 0 Å². The standard InChI is InChI=1S/C12H19N3O2.ClH/c16-10-12(5-4-6-13-9-12)11(17)15-8-3-1-2-7-14(10)15;/h13H,1-9H2;1H. The van der Waals surface area contributed by atoms with Gasteiger partial charge in [-0.25, -0.2) is 0 Å². The molecule has 1 spiro atoms. The van der Waals surface area contributed by atoms with Gasteiger partial charge in [0.15, 0.2) is 0 Å². The second-order valence-corrected chi connectivity index (χ2v) is 5.28. The van der Waals surface area contributed by atoms with E-state index in [9.17, 15) is 9.59 Å². The minimum absolute atomic E-state index is 0. The first kappa shape index (κ1) is 13.6. The van der Waals surface area contributed by atoms with Gasteiger partial charge in [0.1, 0.15) is 5.41 Å². The zero-order valence-corrected chi connectivity index (χ0v) is 11.3.